The fraction of sp³-hybridized carbons (Fsp3) is 0.353. The standard InChI is InChI=1S/C17H19N3O4S/c1-11-9-13(19-16(22)12-5-4-8-24-12)25-15(11)17(23)18-10-14(21)20-6-2-3-7-20/h4-5,8-9H,2-3,6-7,10H2,1H3,(H,18,23)(H,19,22). The number of nitrogens with one attached hydrogen (secondary N) is 2. The Labute approximate surface area is 149 Å². The molecule has 3 amide bonds. The number of thiophene rings is 1. The van der Waals surface area contributed by atoms with Crippen LogP contribution >= 0.6 is 11.3 Å². The van der Waals surface area contributed by atoms with Crippen LogP contribution in [0.3, 0.4) is 0 Å². The summed E-state index contributed by atoms with van der Waals surface area (Å²) in [5, 5.41) is 5.91. The van der Waals surface area contributed by atoms with Crippen molar-refractivity contribution in [3.63, 3.8) is 0 Å². The van der Waals surface area contributed by atoms with Gasteiger partial charge in [0.2, 0.25) is 5.91 Å². The highest BCUT2D eigenvalue weighted by Crippen LogP contribution is 2.27. The molecule has 132 valence electrons. The van der Waals surface area contributed by atoms with E-state index in [1.165, 1.54) is 17.6 Å². The minimum absolute atomic E-state index is 0.00966. The second kappa shape index (κ2) is 7.52. The second-order valence-corrected chi connectivity index (χ2v) is 6.88. The van der Waals surface area contributed by atoms with Gasteiger partial charge in [-0.1, -0.05) is 0 Å². The number of nitrogens with zero attached hydrogens (tertiary/aromatic N) is 1. The summed E-state index contributed by atoms with van der Waals surface area (Å²) in [5.41, 5.74) is 0.742. The van der Waals surface area contributed by atoms with Crippen molar-refractivity contribution in [2.75, 3.05) is 25.0 Å². The van der Waals surface area contributed by atoms with Crippen molar-refractivity contribution in [3.8, 4) is 0 Å². The first-order valence-electron chi connectivity index (χ1n) is 8.06. The molecule has 0 unspecified atom stereocenters. The predicted octanol–water partition coefficient (Wildman–Crippen LogP) is 2.25. The summed E-state index contributed by atoms with van der Waals surface area (Å²) in [6.07, 6.45) is 3.45. The number of amides is 3. The lowest BCUT2D eigenvalue weighted by atomic mass is 10.2. The molecule has 2 aromatic rings. The largest absolute Gasteiger partial charge is 0.459 e. The van der Waals surface area contributed by atoms with Crippen LogP contribution in [-0.2, 0) is 4.79 Å². The molecule has 0 saturated carbocycles. The molecule has 7 nitrogen and oxygen atoms in total. The molecule has 1 aliphatic heterocycles. The molecule has 1 aliphatic rings. The normalized spacial score (nSPS) is 13.7. The van der Waals surface area contributed by atoms with E-state index in [-0.39, 0.29) is 30.0 Å². The predicted molar refractivity (Wildman–Crippen MR) is 93.9 cm³/mol. The van der Waals surface area contributed by atoms with Crippen molar-refractivity contribution >= 4 is 34.1 Å². The fourth-order valence-electron chi connectivity index (χ4n) is 2.66. The van der Waals surface area contributed by atoms with Crippen LogP contribution in [0.5, 0.6) is 0 Å². The highest BCUT2D eigenvalue weighted by molar-refractivity contribution is 7.18. The molecule has 0 bridgehead atoms. The molecule has 3 rings (SSSR count). The Morgan fingerprint density at radius 1 is 1.24 bits per heavy atom. The smallest absolute Gasteiger partial charge is 0.291 e. The molecule has 2 aromatic heterocycles. The molecule has 0 aliphatic carbocycles. The molecule has 0 aromatic carbocycles. The first-order valence-corrected chi connectivity index (χ1v) is 8.87. The molecule has 8 heteroatoms. The quantitative estimate of drug-likeness (QED) is 0.854. The number of hydrogen-bond donors (Lipinski definition) is 2. The van der Waals surface area contributed by atoms with Crippen LogP contribution in [0.15, 0.2) is 28.9 Å². The van der Waals surface area contributed by atoms with Gasteiger partial charge in [0.05, 0.1) is 22.7 Å². The monoisotopic (exact) mass is 361 g/mol. The summed E-state index contributed by atoms with van der Waals surface area (Å²) in [5.74, 6) is -0.546. The first kappa shape index (κ1) is 17.2. The average molecular weight is 361 g/mol. The van der Waals surface area contributed by atoms with E-state index >= 15 is 0 Å². The van der Waals surface area contributed by atoms with Gasteiger partial charge in [-0.05, 0) is 43.5 Å². The Hall–Kier alpha value is -2.61. The number of carbonyl (C=O) groups is 3. The van der Waals surface area contributed by atoms with Crippen LogP contribution in [0.25, 0.3) is 0 Å². The van der Waals surface area contributed by atoms with Crippen molar-refractivity contribution < 1.29 is 18.8 Å². The Kier molecular flexibility index (Phi) is 5.18. The zero-order chi connectivity index (χ0) is 17.8. The van der Waals surface area contributed by atoms with E-state index in [4.69, 9.17) is 4.42 Å². The molecule has 3 heterocycles. The number of aryl methyl sites for hydroxylation is 1. The van der Waals surface area contributed by atoms with Crippen molar-refractivity contribution in [3.05, 3.63) is 40.7 Å². The van der Waals surface area contributed by atoms with Crippen LogP contribution in [0.4, 0.5) is 5.00 Å². The van der Waals surface area contributed by atoms with Crippen molar-refractivity contribution in [2.24, 2.45) is 0 Å². The lowest BCUT2D eigenvalue weighted by Gasteiger charge is -2.15. The zero-order valence-corrected chi connectivity index (χ0v) is 14.6. The lowest BCUT2D eigenvalue weighted by Crippen LogP contribution is -2.38. The molecular weight excluding hydrogens is 342 g/mol. The molecule has 2 N–H and O–H groups in total. The molecule has 0 atom stereocenters. The summed E-state index contributed by atoms with van der Waals surface area (Å²) >= 11 is 1.17. The number of carbonyl (C=O) groups excluding carboxylic acids is 3. The van der Waals surface area contributed by atoms with E-state index in [0.29, 0.717) is 9.88 Å². The van der Waals surface area contributed by atoms with Gasteiger partial charge in [-0.15, -0.1) is 11.3 Å². The van der Waals surface area contributed by atoms with Crippen molar-refractivity contribution in [2.45, 2.75) is 19.8 Å². The first-order chi connectivity index (χ1) is 12.0. The Morgan fingerprint density at radius 3 is 2.68 bits per heavy atom. The van der Waals surface area contributed by atoms with Gasteiger partial charge in [0, 0.05) is 13.1 Å². The van der Waals surface area contributed by atoms with Crippen LogP contribution in [-0.4, -0.2) is 42.3 Å². The van der Waals surface area contributed by atoms with Crippen LogP contribution < -0.4 is 10.6 Å². The Balaban J connectivity index is 1.58. The minimum atomic E-state index is -0.373. The van der Waals surface area contributed by atoms with Gasteiger partial charge in [0.25, 0.3) is 11.8 Å². The molecule has 25 heavy (non-hydrogen) atoms. The van der Waals surface area contributed by atoms with E-state index in [1.54, 1.807) is 30.0 Å². The van der Waals surface area contributed by atoms with Gasteiger partial charge in [-0.25, -0.2) is 0 Å². The molecular formula is C17H19N3O4S. The van der Waals surface area contributed by atoms with Gasteiger partial charge in [0.1, 0.15) is 0 Å². The van der Waals surface area contributed by atoms with E-state index < -0.39 is 0 Å². The third-order valence-electron chi connectivity index (χ3n) is 3.96. The Bertz CT molecular complexity index is 776. The van der Waals surface area contributed by atoms with Crippen LogP contribution in [0.1, 0.15) is 38.6 Å². The lowest BCUT2D eigenvalue weighted by molar-refractivity contribution is -0.129. The summed E-state index contributed by atoms with van der Waals surface area (Å²) in [4.78, 5) is 38.5. The highest BCUT2D eigenvalue weighted by Gasteiger charge is 2.20. The third kappa shape index (κ3) is 4.08. The summed E-state index contributed by atoms with van der Waals surface area (Å²) in [6, 6.07) is 4.92. The number of likely N-dealkylation sites (tertiary alicyclic amines) is 1. The maximum Gasteiger partial charge on any atom is 0.291 e. The van der Waals surface area contributed by atoms with Gasteiger partial charge in [-0.2, -0.15) is 0 Å². The molecule has 0 radical (unpaired) electrons. The number of hydrogen-bond acceptors (Lipinski definition) is 5. The van der Waals surface area contributed by atoms with Crippen molar-refractivity contribution in [1.29, 1.82) is 0 Å². The number of furan rings is 1. The number of rotatable bonds is 5. The fourth-order valence-corrected chi connectivity index (χ4v) is 3.65. The maximum atomic E-state index is 12.3. The summed E-state index contributed by atoms with van der Waals surface area (Å²) < 4.78 is 5.04. The van der Waals surface area contributed by atoms with Gasteiger partial charge in [0.15, 0.2) is 5.76 Å². The van der Waals surface area contributed by atoms with Gasteiger partial charge in [-0.3, -0.25) is 14.4 Å². The third-order valence-corrected chi connectivity index (χ3v) is 5.12. The van der Waals surface area contributed by atoms with Crippen LogP contribution in [0.2, 0.25) is 0 Å². The van der Waals surface area contributed by atoms with Crippen molar-refractivity contribution in [1.82, 2.24) is 10.2 Å². The highest BCUT2D eigenvalue weighted by atomic mass is 32.1. The topological polar surface area (TPSA) is 91.6 Å². The van der Waals surface area contributed by atoms with Gasteiger partial charge >= 0.3 is 0 Å². The van der Waals surface area contributed by atoms with E-state index in [9.17, 15) is 14.4 Å². The molecule has 1 saturated heterocycles. The zero-order valence-electron chi connectivity index (χ0n) is 13.8. The maximum absolute atomic E-state index is 12.3. The van der Waals surface area contributed by atoms with Crippen LogP contribution in [0, 0.1) is 6.92 Å². The van der Waals surface area contributed by atoms with E-state index in [0.717, 1.165) is 31.5 Å². The summed E-state index contributed by atoms with van der Waals surface area (Å²) in [6.45, 7) is 3.30. The second-order valence-electron chi connectivity index (χ2n) is 5.82. The average Bonchev–Trinajstić information content (AvgIpc) is 3.33. The SMILES string of the molecule is Cc1cc(NC(=O)c2ccco2)sc1C(=O)NCC(=O)N1CCCC1. The molecule has 0 spiro atoms. The van der Waals surface area contributed by atoms with E-state index in [1.807, 2.05) is 0 Å². The summed E-state index contributed by atoms with van der Waals surface area (Å²) in [7, 11) is 0. The molecule has 1 fully saturated rings. The van der Waals surface area contributed by atoms with E-state index in [2.05, 4.69) is 10.6 Å². The minimum Gasteiger partial charge on any atom is -0.459 e. The Morgan fingerprint density at radius 2 is 2.00 bits per heavy atom. The number of anilines is 1. The van der Waals surface area contributed by atoms with Gasteiger partial charge < -0.3 is 20.0 Å².